The molecule has 0 aliphatic carbocycles. The molecule has 4 heteroatoms. The molecule has 0 heterocycles. The van der Waals surface area contributed by atoms with E-state index in [1.165, 1.54) is 0 Å². The van der Waals surface area contributed by atoms with Crippen LogP contribution >= 0.6 is 12.4 Å². The highest BCUT2D eigenvalue weighted by molar-refractivity contribution is 5.85. The number of halogens is 1. The van der Waals surface area contributed by atoms with Gasteiger partial charge in [0.2, 0.25) is 0 Å². The van der Waals surface area contributed by atoms with Crippen molar-refractivity contribution in [3.8, 4) is 0 Å². The molecule has 1 rings (SSSR count). The van der Waals surface area contributed by atoms with Gasteiger partial charge in [-0.15, -0.1) is 12.4 Å². The summed E-state index contributed by atoms with van der Waals surface area (Å²) in [7, 11) is 0. The minimum Gasteiger partial charge on any atom is -0.395 e. The first-order valence-electron chi connectivity index (χ1n) is 3.85. The van der Waals surface area contributed by atoms with E-state index in [9.17, 15) is 5.11 Å². The molecule has 0 aliphatic heterocycles. The smallest absolute Gasteiger partial charge is 0.0963 e. The lowest BCUT2D eigenvalue weighted by molar-refractivity contribution is 0.109. The Morgan fingerprint density at radius 1 is 1.23 bits per heavy atom. The van der Waals surface area contributed by atoms with Crippen molar-refractivity contribution in [2.45, 2.75) is 12.1 Å². The standard InChI is InChI=1S/C9H13NO2.ClH/c10-8(6-11)9(12)7-4-2-1-3-5-7;/h1-5,8-9,11-12H,6,10H2;1H/t8-,9-;/m0./s1. The largest absolute Gasteiger partial charge is 0.395 e. The zero-order valence-corrected chi connectivity index (χ0v) is 7.95. The van der Waals surface area contributed by atoms with Crippen LogP contribution < -0.4 is 5.73 Å². The molecule has 1 aromatic carbocycles. The lowest BCUT2D eigenvalue weighted by Gasteiger charge is -2.16. The van der Waals surface area contributed by atoms with Crippen LogP contribution in [0.15, 0.2) is 30.3 Å². The minimum absolute atomic E-state index is 0. The number of rotatable bonds is 3. The normalized spacial score (nSPS) is 14.4. The fourth-order valence-corrected chi connectivity index (χ4v) is 0.997. The highest BCUT2D eigenvalue weighted by Crippen LogP contribution is 2.14. The Morgan fingerprint density at radius 3 is 2.23 bits per heavy atom. The third-order valence-corrected chi connectivity index (χ3v) is 1.76. The van der Waals surface area contributed by atoms with Crippen molar-refractivity contribution in [2.24, 2.45) is 5.73 Å². The van der Waals surface area contributed by atoms with Gasteiger partial charge in [0.15, 0.2) is 0 Å². The molecule has 0 saturated carbocycles. The van der Waals surface area contributed by atoms with E-state index in [1.54, 1.807) is 12.1 Å². The van der Waals surface area contributed by atoms with Crippen molar-refractivity contribution < 1.29 is 10.2 Å². The number of benzene rings is 1. The SMILES string of the molecule is Cl.N[C@@H](CO)[C@@H](O)c1ccccc1. The number of aliphatic hydroxyl groups excluding tert-OH is 2. The number of hydrogen-bond donors (Lipinski definition) is 3. The molecule has 0 aromatic heterocycles. The Hall–Kier alpha value is -0.610. The summed E-state index contributed by atoms with van der Waals surface area (Å²) in [5.41, 5.74) is 6.18. The predicted octanol–water partition coefficient (Wildman–Crippen LogP) is 0.461. The van der Waals surface area contributed by atoms with Crippen molar-refractivity contribution in [3.05, 3.63) is 35.9 Å². The second kappa shape index (κ2) is 5.94. The second-order valence-electron chi connectivity index (χ2n) is 2.70. The second-order valence-corrected chi connectivity index (χ2v) is 2.70. The summed E-state index contributed by atoms with van der Waals surface area (Å²) < 4.78 is 0. The van der Waals surface area contributed by atoms with E-state index < -0.39 is 12.1 Å². The summed E-state index contributed by atoms with van der Waals surface area (Å²) in [5.74, 6) is 0. The van der Waals surface area contributed by atoms with Gasteiger partial charge < -0.3 is 15.9 Å². The van der Waals surface area contributed by atoms with E-state index in [-0.39, 0.29) is 19.0 Å². The maximum atomic E-state index is 9.50. The molecule has 4 N–H and O–H groups in total. The minimum atomic E-state index is -0.781. The fraction of sp³-hybridized carbons (Fsp3) is 0.333. The van der Waals surface area contributed by atoms with Crippen LogP contribution in [0, 0.1) is 0 Å². The summed E-state index contributed by atoms with van der Waals surface area (Å²) in [5, 5.41) is 18.2. The van der Waals surface area contributed by atoms with Gasteiger partial charge in [0.05, 0.1) is 18.8 Å². The zero-order chi connectivity index (χ0) is 8.97. The molecule has 0 bridgehead atoms. The van der Waals surface area contributed by atoms with E-state index in [2.05, 4.69) is 0 Å². The molecule has 74 valence electrons. The van der Waals surface area contributed by atoms with Gasteiger partial charge in [-0.25, -0.2) is 0 Å². The molecular weight excluding hydrogens is 190 g/mol. The van der Waals surface area contributed by atoms with E-state index in [0.717, 1.165) is 5.56 Å². The first-order chi connectivity index (χ1) is 5.75. The first kappa shape index (κ1) is 12.4. The molecule has 13 heavy (non-hydrogen) atoms. The predicted molar refractivity (Wildman–Crippen MR) is 53.7 cm³/mol. The van der Waals surface area contributed by atoms with Crippen LogP contribution in [0.2, 0.25) is 0 Å². The van der Waals surface area contributed by atoms with Crippen molar-refractivity contribution in [2.75, 3.05) is 6.61 Å². The molecule has 0 radical (unpaired) electrons. The van der Waals surface area contributed by atoms with Gasteiger partial charge in [0.1, 0.15) is 0 Å². The van der Waals surface area contributed by atoms with E-state index in [0.29, 0.717) is 0 Å². The summed E-state index contributed by atoms with van der Waals surface area (Å²) in [6.07, 6.45) is -0.781. The monoisotopic (exact) mass is 203 g/mol. The maximum absolute atomic E-state index is 9.50. The van der Waals surface area contributed by atoms with Crippen molar-refractivity contribution in [1.29, 1.82) is 0 Å². The van der Waals surface area contributed by atoms with Crippen LogP contribution in [0.5, 0.6) is 0 Å². The molecule has 0 aliphatic rings. The third kappa shape index (κ3) is 3.32. The zero-order valence-electron chi connectivity index (χ0n) is 7.13. The van der Waals surface area contributed by atoms with Gasteiger partial charge in [-0.05, 0) is 5.56 Å². The summed E-state index contributed by atoms with van der Waals surface area (Å²) in [6.45, 7) is -0.212. The van der Waals surface area contributed by atoms with Gasteiger partial charge in [-0.2, -0.15) is 0 Å². The molecule has 0 unspecified atom stereocenters. The molecule has 3 nitrogen and oxygen atoms in total. The van der Waals surface area contributed by atoms with Crippen LogP contribution in [0.25, 0.3) is 0 Å². The fourth-order valence-electron chi connectivity index (χ4n) is 0.997. The van der Waals surface area contributed by atoms with Crippen molar-refractivity contribution in [3.63, 3.8) is 0 Å². The number of aliphatic hydroxyl groups is 2. The third-order valence-electron chi connectivity index (χ3n) is 1.76. The van der Waals surface area contributed by atoms with Gasteiger partial charge in [-0.3, -0.25) is 0 Å². The van der Waals surface area contributed by atoms with E-state index in [4.69, 9.17) is 10.8 Å². The average molecular weight is 204 g/mol. The number of nitrogens with two attached hydrogens (primary N) is 1. The Kier molecular flexibility index (Phi) is 5.66. The summed E-state index contributed by atoms with van der Waals surface area (Å²) in [4.78, 5) is 0. The highest BCUT2D eigenvalue weighted by Gasteiger charge is 2.14. The van der Waals surface area contributed by atoms with Crippen LogP contribution in [0.4, 0.5) is 0 Å². The summed E-state index contributed by atoms with van der Waals surface area (Å²) in [6, 6.07) is 8.46. The van der Waals surface area contributed by atoms with Crippen molar-refractivity contribution >= 4 is 12.4 Å². The van der Waals surface area contributed by atoms with Crippen LogP contribution in [0.1, 0.15) is 11.7 Å². The molecule has 0 saturated heterocycles. The van der Waals surface area contributed by atoms with Crippen LogP contribution in [0.3, 0.4) is 0 Å². The highest BCUT2D eigenvalue weighted by atomic mass is 35.5. The first-order valence-corrected chi connectivity index (χ1v) is 3.85. The molecule has 0 spiro atoms. The lowest BCUT2D eigenvalue weighted by atomic mass is 10.0. The average Bonchev–Trinajstić information content (AvgIpc) is 2.17. The molecule has 2 atom stereocenters. The molecular formula is C9H14ClNO2. The van der Waals surface area contributed by atoms with Gasteiger partial charge in [0, 0.05) is 0 Å². The lowest BCUT2D eigenvalue weighted by Crippen LogP contribution is -2.31. The molecule has 1 aromatic rings. The van der Waals surface area contributed by atoms with Crippen LogP contribution in [-0.2, 0) is 0 Å². The Labute approximate surface area is 83.6 Å². The quantitative estimate of drug-likeness (QED) is 0.669. The van der Waals surface area contributed by atoms with Gasteiger partial charge >= 0.3 is 0 Å². The van der Waals surface area contributed by atoms with Crippen molar-refractivity contribution in [1.82, 2.24) is 0 Å². The van der Waals surface area contributed by atoms with Gasteiger partial charge in [0.25, 0.3) is 0 Å². The Balaban J connectivity index is 0.00000144. The number of hydrogen-bond acceptors (Lipinski definition) is 3. The Bertz CT molecular complexity index is 230. The molecule has 0 amide bonds. The van der Waals surface area contributed by atoms with Crippen LogP contribution in [-0.4, -0.2) is 22.9 Å². The molecule has 0 fully saturated rings. The maximum Gasteiger partial charge on any atom is 0.0963 e. The van der Waals surface area contributed by atoms with E-state index in [1.807, 2.05) is 18.2 Å². The van der Waals surface area contributed by atoms with E-state index >= 15 is 0 Å². The Morgan fingerprint density at radius 2 is 1.77 bits per heavy atom. The van der Waals surface area contributed by atoms with Gasteiger partial charge in [-0.1, -0.05) is 30.3 Å². The summed E-state index contributed by atoms with van der Waals surface area (Å²) >= 11 is 0. The topological polar surface area (TPSA) is 66.5 Å².